The summed E-state index contributed by atoms with van der Waals surface area (Å²) in [5.41, 5.74) is 0.770. The van der Waals surface area contributed by atoms with Gasteiger partial charge >= 0.3 is 12.6 Å². The van der Waals surface area contributed by atoms with Gasteiger partial charge in [0.05, 0.1) is 13.2 Å². The van der Waals surface area contributed by atoms with E-state index < -0.39 is 42.0 Å². The van der Waals surface area contributed by atoms with Gasteiger partial charge in [0.15, 0.2) is 0 Å². The van der Waals surface area contributed by atoms with Gasteiger partial charge in [-0.2, -0.15) is 8.78 Å². The molecule has 7 nitrogen and oxygen atoms in total. The van der Waals surface area contributed by atoms with Gasteiger partial charge in [0.1, 0.15) is 17.5 Å². The molecule has 0 spiro atoms. The summed E-state index contributed by atoms with van der Waals surface area (Å²) < 4.78 is 36.5. The van der Waals surface area contributed by atoms with Gasteiger partial charge in [-0.25, -0.2) is 4.79 Å². The van der Waals surface area contributed by atoms with Crippen LogP contribution in [-0.2, 0) is 16.1 Å². The minimum atomic E-state index is -3.00. The van der Waals surface area contributed by atoms with E-state index in [1.165, 1.54) is 13.2 Å². The third-order valence-corrected chi connectivity index (χ3v) is 8.28. The maximum atomic E-state index is 14.2. The second-order valence-electron chi connectivity index (χ2n) is 11.9. The first-order valence-electron chi connectivity index (χ1n) is 14.0. The molecule has 1 amide bonds. The maximum absolute atomic E-state index is 14.2. The van der Waals surface area contributed by atoms with Crippen molar-refractivity contribution >= 4 is 11.9 Å². The van der Waals surface area contributed by atoms with Crippen LogP contribution in [0.15, 0.2) is 48.5 Å². The Kier molecular flexibility index (Phi) is 9.33. The third kappa shape index (κ3) is 6.40. The molecule has 4 rings (SSSR count). The molecule has 9 heteroatoms. The van der Waals surface area contributed by atoms with Crippen molar-refractivity contribution in [1.82, 2.24) is 10.2 Å². The molecule has 1 aliphatic heterocycles. The molecule has 1 heterocycles. The third-order valence-electron chi connectivity index (χ3n) is 8.28. The van der Waals surface area contributed by atoms with Gasteiger partial charge in [-0.1, -0.05) is 70.4 Å². The Morgan fingerprint density at radius 3 is 2.33 bits per heavy atom. The van der Waals surface area contributed by atoms with Crippen molar-refractivity contribution in [1.29, 1.82) is 0 Å². The SMILES string of the molecule is COc1ccc(OC(F)F)c(CNC2C(c3ccccc3)N(C(=O)C3CCCCC3)C(C(=O)O)C2C(C)(C)C)c1. The molecule has 1 saturated heterocycles. The average molecular weight is 559 g/mol. The summed E-state index contributed by atoms with van der Waals surface area (Å²) in [7, 11) is 1.49. The number of aliphatic carboxylic acids is 1. The molecule has 2 N–H and O–H groups in total. The second-order valence-corrected chi connectivity index (χ2v) is 11.9. The molecule has 218 valence electrons. The zero-order valence-corrected chi connectivity index (χ0v) is 23.6. The number of nitrogens with one attached hydrogen (secondary N) is 1. The fraction of sp³-hybridized carbons (Fsp3) is 0.548. The van der Waals surface area contributed by atoms with Crippen molar-refractivity contribution in [3.05, 3.63) is 59.7 Å². The van der Waals surface area contributed by atoms with Gasteiger partial charge in [-0.05, 0) is 42.0 Å². The van der Waals surface area contributed by atoms with Crippen LogP contribution < -0.4 is 14.8 Å². The molecule has 1 saturated carbocycles. The van der Waals surface area contributed by atoms with Gasteiger partial charge in [0.25, 0.3) is 0 Å². The van der Waals surface area contributed by atoms with E-state index in [-0.39, 0.29) is 24.1 Å². The zero-order valence-electron chi connectivity index (χ0n) is 23.6. The number of rotatable bonds is 9. The summed E-state index contributed by atoms with van der Waals surface area (Å²) in [5, 5.41) is 14.1. The first-order chi connectivity index (χ1) is 19.0. The molecule has 0 aromatic heterocycles. The van der Waals surface area contributed by atoms with E-state index >= 15 is 0 Å². The normalized spacial score (nSPS) is 23.8. The Morgan fingerprint density at radius 1 is 1.07 bits per heavy atom. The van der Waals surface area contributed by atoms with Crippen LogP contribution in [-0.4, -0.2) is 47.7 Å². The van der Waals surface area contributed by atoms with Gasteiger partial charge < -0.3 is 24.8 Å². The summed E-state index contributed by atoms with van der Waals surface area (Å²) in [4.78, 5) is 28.7. The number of carbonyl (C=O) groups excluding carboxylic acids is 1. The maximum Gasteiger partial charge on any atom is 0.387 e. The minimum Gasteiger partial charge on any atom is -0.497 e. The van der Waals surface area contributed by atoms with E-state index in [1.807, 2.05) is 51.1 Å². The first-order valence-corrected chi connectivity index (χ1v) is 14.0. The number of halogens is 2. The number of hydrogen-bond acceptors (Lipinski definition) is 5. The second kappa shape index (κ2) is 12.5. The number of carbonyl (C=O) groups is 2. The lowest BCUT2D eigenvalue weighted by Gasteiger charge is -2.36. The molecule has 1 aliphatic carbocycles. The number of carboxylic acids is 1. The van der Waals surface area contributed by atoms with Crippen LogP contribution in [0.1, 0.15) is 70.0 Å². The summed E-state index contributed by atoms with van der Waals surface area (Å²) in [6.45, 7) is 3.05. The van der Waals surface area contributed by atoms with E-state index in [1.54, 1.807) is 17.0 Å². The monoisotopic (exact) mass is 558 g/mol. The lowest BCUT2D eigenvalue weighted by Crippen LogP contribution is -2.49. The van der Waals surface area contributed by atoms with Crippen molar-refractivity contribution in [3.8, 4) is 11.5 Å². The highest BCUT2D eigenvalue weighted by Crippen LogP contribution is 2.49. The Bertz CT molecular complexity index is 1160. The van der Waals surface area contributed by atoms with E-state index in [2.05, 4.69) is 5.32 Å². The molecular formula is C31H40F2N2O5. The highest BCUT2D eigenvalue weighted by molar-refractivity contribution is 5.87. The average Bonchev–Trinajstić information content (AvgIpc) is 3.29. The van der Waals surface area contributed by atoms with Crippen molar-refractivity contribution in [2.45, 2.75) is 84.2 Å². The van der Waals surface area contributed by atoms with Crippen molar-refractivity contribution in [2.24, 2.45) is 17.3 Å². The quantitative estimate of drug-likeness (QED) is 0.391. The van der Waals surface area contributed by atoms with E-state index in [9.17, 15) is 23.5 Å². The molecule has 2 aromatic carbocycles. The van der Waals surface area contributed by atoms with Crippen LogP contribution in [0.3, 0.4) is 0 Å². The van der Waals surface area contributed by atoms with E-state index in [0.29, 0.717) is 11.3 Å². The number of amides is 1. The predicted octanol–water partition coefficient (Wildman–Crippen LogP) is 6.03. The molecule has 0 bridgehead atoms. The molecular weight excluding hydrogens is 518 g/mol. The Labute approximate surface area is 234 Å². The van der Waals surface area contributed by atoms with Crippen molar-refractivity contribution in [3.63, 3.8) is 0 Å². The van der Waals surface area contributed by atoms with Crippen molar-refractivity contribution < 1.29 is 33.0 Å². The van der Waals surface area contributed by atoms with Gasteiger partial charge in [0, 0.05) is 30.0 Å². The summed E-state index contributed by atoms with van der Waals surface area (Å²) >= 11 is 0. The summed E-state index contributed by atoms with van der Waals surface area (Å²) in [5.74, 6) is -1.37. The van der Waals surface area contributed by atoms with Gasteiger partial charge in [-0.3, -0.25) is 4.79 Å². The van der Waals surface area contributed by atoms with Gasteiger partial charge in [-0.15, -0.1) is 0 Å². The number of alkyl halides is 2. The van der Waals surface area contributed by atoms with Crippen LogP contribution in [0, 0.1) is 17.3 Å². The Hall–Kier alpha value is -3.20. The van der Waals surface area contributed by atoms with E-state index in [0.717, 1.165) is 37.7 Å². The molecule has 4 unspecified atom stereocenters. The molecule has 4 atom stereocenters. The minimum absolute atomic E-state index is 0.00906. The number of carboxylic acid groups (broad SMARTS) is 1. The topological polar surface area (TPSA) is 88.1 Å². The Morgan fingerprint density at radius 2 is 1.75 bits per heavy atom. The van der Waals surface area contributed by atoms with Crippen LogP contribution in [0.2, 0.25) is 0 Å². The highest BCUT2D eigenvalue weighted by atomic mass is 19.3. The number of likely N-dealkylation sites (tertiary alicyclic amines) is 1. The van der Waals surface area contributed by atoms with Crippen LogP contribution in [0.5, 0.6) is 11.5 Å². The van der Waals surface area contributed by atoms with E-state index in [4.69, 9.17) is 9.47 Å². The smallest absolute Gasteiger partial charge is 0.387 e. The number of benzene rings is 2. The number of nitrogens with zero attached hydrogens (tertiary/aromatic N) is 1. The molecule has 0 radical (unpaired) electrons. The zero-order chi connectivity index (χ0) is 29.0. The van der Waals surface area contributed by atoms with Crippen LogP contribution >= 0.6 is 0 Å². The lowest BCUT2D eigenvalue weighted by molar-refractivity contribution is -0.154. The summed E-state index contributed by atoms with van der Waals surface area (Å²) in [6, 6.07) is 12.0. The van der Waals surface area contributed by atoms with Gasteiger partial charge in [0.2, 0.25) is 5.91 Å². The molecule has 40 heavy (non-hydrogen) atoms. The van der Waals surface area contributed by atoms with Crippen molar-refractivity contribution in [2.75, 3.05) is 7.11 Å². The molecule has 2 fully saturated rings. The predicted molar refractivity (Wildman–Crippen MR) is 147 cm³/mol. The lowest BCUT2D eigenvalue weighted by atomic mass is 9.72. The highest BCUT2D eigenvalue weighted by Gasteiger charge is 2.58. The standard InChI is InChI=1S/C31H40F2N2O5/c1-31(2,3)24-25(34-18-21-17-22(39-4)15-16-23(21)40-30(32)33)26(19-11-7-5-8-12-19)35(27(24)29(37)38)28(36)20-13-9-6-10-14-20/h5,7-8,11-12,15-17,20,24-27,30,34H,6,9-10,13-14,18H2,1-4H3,(H,37,38). The summed E-state index contributed by atoms with van der Waals surface area (Å²) in [6.07, 6.45) is 4.47. The fourth-order valence-corrected chi connectivity index (χ4v) is 6.55. The first kappa shape index (κ1) is 29.8. The Balaban J connectivity index is 1.80. The fourth-order valence-electron chi connectivity index (χ4n) is 6.55. The van der Waals surface area contributed by atoms with Crippen LogP contribution in [0.4, 0.5) is 8.78 Å². The number of hydrogen-bond donors (Lipinski definition) is 2. The largest absolute Gasteiger partial charge is 0.497 e. The number of ether oxygens (including phenoxy) is 2. The molecule has 2 aromatic rings. The molecule has 2 aliphatic rings. The number of methoxy groups -OCH3 is 1. The van der Waals surface area contributed by atoms with Crippen LogP contribution in [0.25, 0.3) is 0 Å².